The van der Waals surface area contributed by atoms with E-state index in [1.165, 1.54) is 0 Å². The lowest BCUT2D eigenvalue weighted by molar-refractivity contribution is 0.109. The number of pyridine rings is 1. The van der Waals surface area contributed by atoms with Gasteiger partial charge in [-0.3, -0.25) is 0 Å². The second-order valence-corrected chi connectivity index (χ2v) is 3.63. The van der Waals surface area contributed by atoms with Gasteiger partial charge in [0.05, 0.1) is 5.69 Å². The highest BCUT2D eigenvalue weighted by Crippen LogP contribution is 2.27. The molecule has 0 aliphatic carbocycles. The van der Waals surface area contributed by atoms with E-state index in [-0.39, 0.29) is 6.10 Å². The third-order valence-electron chi connectivity index (χ3n) is 2.64. The minimum absolute atomic E-state index is 0.217. The first-order valence-corrected chi connectivity index (χ1v) is 4.99. The Balaban J connectivity index is 2.05. The normalized spacial score (nSPS) is 21.9. The van der Waals surface area contributed by atoms with Crippen LogP contribution in [0.25, 0.3) is 5.65 Å². The summed E-state index contributed by atoms with van der Waals surface area (Å²) in [7, 11) is 0. The Hall–Kier alpha value is -1.35. The van der Waals surface area contributed by atoms with Crippen LogP contribution in [0.1, 0.15) is 24.6 Å². The van der Waals surface area contributed by atoms with E-state index in [9.17, 15) is 0 Å². The molecule has 1 aliphatic heterocycles. The fraction of sp³-hybridized carbons (Fsp3) is 0.364. The van der Waals surface area contributed by atoms with Gasteiger partial charge in [0, 0.05) is 19.0 Å². The second-order valence-electron chi connectivity index (χ2n) is 3.63. The molecule has 0 saturated carbocycles. The van der Waals surface area contributed by atoms with E-state index < -0.39 is 0 Å². The van der Waals surface area contributed by atoms with E-state index in [2.05, 4.69) is 11.2 Å². The summed E-state index contributed by atoms with van der Waals surface area (Å²) in [5.41, 5.74) is 2.06. The number of ether oxygens (including phenoxy) is 1. The average molecular weight is 188 g/mol. The molecule has 1 unspecified atom stereocenters. The number of hydrogen-bond donors (Lipinski definition) is 0. The van der Waals surface area contributed by atoms with Crippen LogP contribution in [0.15, 0.2) is 30.6 Å². The Kier molecular flexibility index (Phi) is 1.77. The highest BCUT2D eigenvalue weighted by atomic mass is 16.5. The third kappa shape index (κ3) is 1.21. The van der Waals surface area contributed by atoms with Crippen LogP contribution < -0.4 is 0 Å². The monoisotopic (exact) mass is 188 g/mol. The Morgan fingerprint density at radius 1 is 1.43 bits per heavy atom. The summed E-state index contributed by atoms with van der Waals surface area (Å²) < 4.78 is 7.63. The first-order chi connectivity index (χ1) is 6.93. The van der Waals surface area contributed by atoms with Gasteiger partial charge in [-0.05, 0) is 25.0 Å². The van der Waals surface area contributed by atoms with Gasteiger partial charge in [-0.25, -0.2) is 4.98 Å². The van der Waals surface area contributed by atoms with E-state index >= 15 is 0 Å². The minimum Gasteiger partial charge on any atom is -0.372 e. The van der Waals surface area contributed by atoms with Crippen LogP contribution >= 0.6 is 0 Å². The molecule has 1 aliphatic rings. The number of nitrogens with zero attached hydrogens (tertiary/aromatic N) is 2. The van der Waals surface area contributed by atoms with Gasteiger partial charge in [0.1, 0.15) is 11.8 Å². The number of imidazole rings is 1. The van der Waals surface area contributed by atoms with Gasteiger partial charge in [0.25, 0.3) is 0 Å². The average Bonchev–Trinajstić information content (AvgIpc) is 2.86. The topological polar surface area (TPSA) is 26.5 Å². The minimum atomic E-state index is 0.217. The number of rotatable bonds is 1. The molecular formula is C11H12N2O. The molecule has 2 aromatic heterocycles. The van der Waals surface area contributed by atoms with Crippen LogP contribution in [-0.2, 0) is 4.74 Å². The zero-order valence-corrected chi connectivity index (χ0v) is 7.89. The van der Waals surface area contributed by atoms with Crippen molar-refractivity contribution in [1.82, 2.24) is 9.38 Å². The van der Waals surface area contributed by atoms with E-state index in [0.717, 1.165) is 30.8 Å². The maximum atomic E-state index is 5.59. The fourth-order valence-corrected chi connectivity index (χ4v) is 1.92. The van der Waals surface area contributed by atoms with Gasteiger partial charge >= 0.3 is 0 Å². The first kappa shape index (κ1) is 8.00. The van der Waals surface area contributed by atoms with Crippen LogP contribution in [-0.4, -0.2) is 16.0 Å². The predicted octanol–water partition coefficient (Wildman–Crippen LogP) is 2.19. The molecule has 3 rings (SSSR count). The fourth-order valence-electron chi connectivity index (χ4n) is 1.92. The largest absolute Gasteiger partial charge is 0.372 e. The summed E-state index contributed by atoms with van der Waals surface area (Å²) in [6.45, 7) is 0.874. The summed E-state index contributed by atoms with van der Waals surface area (Å²) in [6.07, 6.45) is 6.55. The molecule has 1 saturated heterocycles. The van der Waals surface area contributed by atoms with Gasteiger partial charge < -0.3 is 9.14 Å². The van der Waals surface area contributed by atoms with Crippen LogP contribution in [0.4, 0.5) is 0 Å². The zero-order chi connectivity index (χ0) is 9.38. The van der Waals surface area contributed by atoms with Crippen LogP contribution in [0.3, 0.4) is 0 Å². The van der Waals surface area contributed by atoms with Gasteiger partial charge in [0.15, 0.2) is 0 Å². The molecule has 3 heteroatoms. The Bertz CT molecular complexity index is 410. The quantitative estimate of drug-likeness (QED) is 0.685. The van der Waals surface area contributed by atoms with Gasteiger partial charge in [0.2, 0.25) is 0 Å². The molecule has 0 spiro atoms. The lowest BCUT2D eigenvalue weighted by atomic mass is 10.2. The van der Waals surface area contributed by atoms with Gasteiger partial charge in [-0.2, -0.15) is 0 Å². The van der Waals surface area contributed by atoms with E-state index in [1.807, 2.05) is 28.8 Å². The molecule has 2 aromatic rings. The molecule has 1 atom stereocenters. The van der Waals surface area contributed by atoms with Crippen molar-refractivity contribution in [2.45, 2.75) is 18.9 Å². The number of hydrogen-bond acceptors (Lipinski definition) is 2. The molecule has 0 radical (unpaired) electrons. The van der Waals surface area contributed by atoms with Crippen molar-refractivity contribution in [2.75, 3.05) is 6.61 Å². The Morgan fingerprint density at radius 2 is 2.43 bits per heavy atom. The summed E-state index contributed by atoms with van der Waals surface area (Å²) >= 11 is 0. The van der Waals surface area contributed by atoms with Gasteiger partial charge in [-0.1, -0.05) is 6.07 Å². The van der Waals surface area contributed by atoms with Crippen molar-refractivity contribution in [2.24, 2.45) is 0 Å². The third-order valence-corrected chi connectivity index (χ3v) is 2.64. The maximum Gasteiger partial charge on any atom is 0.137 e. The molecule has 72 valence electrons. The van der Waals surface area contributed by atoms with Gasteiger partial charge in [-0.15, -0.1) is 0 Å². The van der Waals surface area contributed by atoms with Crippen molar-refractivity contribution >= 4 is 5.65 Å². The first-order valence-electron chi connectivity index (χ1n) is 4.99. The maximum absolute atomic E-state index is 5.59. The SMILES string of the molecule is c1ccn2cc(C3CCCO3)nc2c1. The predicted molar refractivity (Wildman–Crippen MR) is 53.1 cm³/mol. The van der Waals surface area contributed by atoms with Crippen LogP contribution in [0.5, 0.6) is 0 Å². The number of aromatic nitrogens is 2. The lowest BCUT2D eigenvalue weighted by Crippen LogP contribution is -1.94. The molecule has 0 bridgehead atoms. The molecule has 14 heavy (non-hydrogen) atoms. The molecule has 3 nitrogen and oxygen atoms in total. The zero-order valence-electron chi connectivity index (χ0n) is 7.89. The van der Waals surface area contributed by atoms with Crippen molar-refractivity contribution in [1.29, 1.82) is 0 Å². The smallest absolute Gasteiger partial charge is 0.137 e. The van der Waals surface area contributed by atoms with Crippen LogP contribution in [0.2, 0.25) is 0 Å². The summed E-state index contributed by atoms with van der Waals surface area (Å²) in [6, 6.07) is 6.02. The standard InChI is InChI=1S/C11H12N2O/c1-2-6-13-8-9(12-11(13)5-1)10-4-3-7-14-10/h1-2,5-6,8,10H,3-4,7H2. The van der Waals surface area contributed by atoms with Crippen molar-refractivity contribution in [3.05, 3.63) is 36.3 Å². The molecule has 1 fully saturated rings. The highest BCUT2D eigenvalue weighted by molar-refractivity contribution is 5.39. The second kappa shape index (κ2) is 3.10. The molecular weight excluding hydrogens is 176 g/mol. The molecule has 0 aromatic carbocycles. The van der Waals surface area contributed by atoms with E-state index in [1.54, 1.807) is 0 Å². The summed E-state index contributed by atoms with van der Waals surface area (Å²) in [5, 5.41) is 0. The van der Waals surface area contributed by atoms with Crippen molar-refractivity contribution in [3.8, 4) is 0 Å². The number of fused-ring (bicyclic) bond motifs is 1. The summed E-state index contributed by atoms with van der Waals surface area (Å²) in [5.74, 6) is 0. The molecule has 0 N–H and O–H groups in total. The molecule has 0 amide bonds. The highest BCUT2D eigenvalue weighted by Gasteiger charge is 2.20. The van der Waals surface area contributed by atoms with Crippen LogP contribution in [0, 0.1) is 0 Å². The molecule has 3 heterocycles. The summed E-state index contributed by atoms with van der Waals surface area (Å²) in [4.78, 5) is 4.53. The Labute approximate surface area is 82.3 Å². The lowest BCUT2D eigenvalue weighted by Gasteiger charge is -2.03. The van der Waals surface area contributed by atoms with Crippen molar-refractivity contribution in [3.63, 3.8) is 0 Å². The van der Waals surface area contributed by atoms with E-state index in [4.69, 9.17) is 4.74 Å². The Morgan fingerprint density at radius 3 is 3.21 bits per heavy atom. The van der Waals surface area contributed by atoms with E-state index in [0.29, 0.717) is 0 Å². The van der Waals surface area contributed by atoms with Crippen molar-refractivity contribution < 1.29 is 4.74 Å².